The molecule has 0 radical (unpaired) electrons. The SMILES string of the molecule is Cc1ccc(N2CSC3=C(C#N)C(c4c(Cl)cccc4Cl)CC(=O)N3C2)cc1Cl. The number of fused-ring (bicyclic) bond motifs is 1. The van der Waals surface area contributed by atoms with Gasteiger partial charge >= 0.3 is 0 Å². The van der Waals surface area contributed by atoms with E-state index in [-0.39, 0.29) is 12.3 Å². The maximum absolute atomic E-state index is 13.0. The van der Waals surface area contributed by atoms with Crippen LogP contribution in [-0.2, 0) is 4.79 Å². The molecule has 0 aromatic heterocycles. The van der Waals surface area contributed by atoms with Gasteiger partial charge in [-0.25, -0.2) is 0 Å². The summed E-state index contributed by atoms with van der Waals surface area (Å²) in [5.41, 5.74) is 3.11. The third-order valence-electron chi connectivity index (χ3n) is 5.16. The van der Waals surface area contributed by atoms with Gasteiger partial charge in [-0.2, -0.15) is 5.26 Å². The van der Waals surface area contributed by atoms with E-state index in [0.717, 1.165) is 11.3 Å². The van der Waals surface area contributed by atoms with Crippen molar-refractivity contribution in [3.8, 4) is 6.07 Å². The molecule has 0 spiro atoms. The maximum atomic E-state index is 13.0. The van der Waals surface area contributed by atoms with Crippen molar-refractivity contribution in [2.75, 3.05) is 17.4 Å². The normalized spacial score (nSPS) is 19.3. The molecule has 0 saturated carbocycles. The molecule has 2 aromatic carbocycles. The molecule has 0 aliphatic carbocycles. The number of carbonyl (C=O) groups is 1. The molecule has 1 amide bonds. The standard InChI is InChI=1S/C21H16Cl3N3OS/c1-12-5-6-13(7-18(12)24)26-10-27-19(28)8-14(15(9-25)21(27)29-11-26)20-16(22)3-2-4-17(20)23/h2-7,14H,8,10-11H2,1H3. The number of amides is 1. The summed E-state index contributed by atoms with van der Waals surface area (Å²) < 4.78 is 0. The van der Waals surface area contributed by atoms with Crippen molar-refractivity contribution in [2.45, 2.75) is 19.3 Å². The fourth-order valence-corrected chi connectivity index (χ4v) is 5.60. The summed E-state index contributed by atoms with van der Waals surface area (Å²) in [5, 5.41) is 12.2. The average molecular weight is 465 g/mol. The minimum absolute atomic E-state index is 0.0598. The first-order chi connectivity index (χ1) is 13.9. The zero-order chi connectivity index (χ0) is 20.7. The number of hydrogen-bond donors (Lipinski definition) is 0. The molecule has 4 rings (SSSR count). The number of aryl methyl sites for hydroxylation is 1. The van der Waals surface area contributed by atoms with Crippen molar-refractivity contribution in [2.24, 2.45) is 0 Å². The van der Waals surface area contributed by atoms with E-state index in [9.17, 15) is 10.1 Å². The van der Waals surface area contributed by atoms with Gasteiger partial charge in [0.05, 0.1) is 29.2 Å². The number of allylic oxidation sites excluding steroid dienone is 1. The summed E-state index contributed by atoms with van der Waals surface area (Å²) in [6.45, 7) is 2.32. The van der Waals surface area contributed by atoms with Crippen molar-refractivity contribution < 1.29 is 4.79 Å². The summed E-state index contributed by atoms with van der Waals surface area (Å²) in [6, 6.07) is 13.4. The zero-order valence-corrected chi connectivity index (χ0v) is 18.5. The third kappa shape index (κ3) is 3.71. The molecule has 1 fully saturated rings. The first-order valence-corrected chi connectivity index (χ1v) is 11.0. The van der Waals surface area contributed by atoms with E-state index in [2.05, 4.69) is 11.0 Å². The van der Waals surface area contributed by atoms with Gasteiger partial charge in [0, 0.05) is 33.1 Å². The Morgan fingerprint density at radius 1 is 1.14 bits per heavy atom. The second kappa shape index (κ2) is 8.12. The highest BCUT2D eigenvalue weighted by Crippen LogP contribution is 2.46. The van der Waals surface area contributed by atoms with Crippen LogP contribution in [0.4, 0.5) is 5.69 Å². The van der Waals surface area contributed by atoms with Crippen molar-refractivity contribution in [3.05, 3.63) is 73.2 Å². The lowest BCUT2D eigenvalue weighted by atomic mass is 9.86. The second-order valence-electron chi connectivity index (χ2n) is 6.93. The molecule has 1 unspecified atom stereocenters. The Labute approximate surface area is 188 Å². The number of thioether (sulfide) groups is 1. The summed E-state index contributed by atoms with van der Waals surface area (Å²) in [4.78, 5) is 16.8. The van der Waals surface area contributed by atoms with E-state index < -0.39 is 5.92 Å². The first-order valence-electron chi connectivity index (χ1n) is 8.93. The Kier molecular flexibility index (Phi) is 5.72. The second-order valence-corrected chi connectivity index (χ2v) is 9.09. The van der Waals surface area contributed by atoms with Crippen molar-refractivity contribution >= 4 is 58.2 Å². The zero-order valence-electron chi connectivity index (χ0n) is 15.5. The van der Waals surface area contributed by atoms with Crippen LogP contribution in [0.1, 0.15) is 23.5 Å². The van der Waals surface area contributed by atoms with Crippen LogP contribution in [-0.4, -0.2) is 23.4 Å². The predicted molar refractivity (Wildman–Crippen MR) is 119 cm³/mol. The van der Waals surface area contributed by atoms with Crippen LogP contribution in [0.5, 0.6) is 0 Å². The van der Waals surface area contributed by atoms with Gasteiger partial charge in [0.1, 0.15) is 0 Å². The Morgan fingerprint density at radius 2 is 1.86 bits per heavy atom. The van der Waals surface area contributed by atoms with Gasteiger partial charge in [0.15, 0.2) is 0 Å². The maximum Gasteiger partial charge on any atom is 0.229 e. The van der Waals surface area contributed by atoms with Gasteiger partial charge in [-0.05, 0) is 42.3 Å². The lowest BCUT2D eigenvalue weighted by Crippen LogP contribution is -2.47. The Balaban J connectivity index is 1.70. The topological polar surface area (TPSA) is 47.3 Å². The van der Waals surface area contributed by atoms with E-state index in [1.54, 1.807) is 23.1 Å². The number of halogens is 3. The number of rotatable bonds is 2. The van der Waals surface area contributed by atoms with E-state index in [1.807, 2.05) is 25.1 Å². The van der Waals surface area contributed by atoms with Gasteiger partial charge in [0.2, 0.25) is 5.91 Å². The molecule has 1 atom stereocenters. The largest absolute Gasteiger partial charge is 0.344 e. The lowest BCUT2D eigenvalue weighted by Gasteiger charge is -2.42. The quantitative estimate of drug-likeness (QED) is 0.533. The molecule has 2 aliphatic rings. The number of nitriles is 1. The molecule has 29 heavy (non-hydrogen) atoms. The molecule has 2 aliphatic heterocycles. The summed E-state index contributed by atoms with van der Waals surface area (Å²) in [5.74, 6) is 0.107. The third-order valence-corrected chi connectivity index (χ3v) is 7.38. The van der Waals surface area contributed by atoms with Crippen LogP contribution in [0.25, 0.3) is 0 Å². The van der Waals surface area contributed by atoms with Gasteiger partial charge < -0.3 is 4.90 Å². The molecular formula is C21H16Cl3N3OS. The summed E-state index contributed by atoms with van der Waals surface area (Å²) in [6.07, 6.45) is 0.152. The summed E-state index contributed by atoms with van der Waals surface area (Å²) >= 11 is 20.5. The monoisotopic (exact) mass is 463 g/mol. The van der Waals surface area contributed by atoms with Crippen molar-refractivity contribution in [1.29, 1.82) is 5.26 Å². The fraction of sp³-hybridized carbons (Fsp3) is 0.238. The van der Waals surface area contributed by atoms with E-state index in [0.29, 0.717) is 43.8 Å². The summed E-state index contributed by atoms with van der Waals surface area (Å²) in [7, 11) is 0. The molecule has 0 N–H and O–H groups in total. The molecule has 0 bridgehead atoms. The molecule has 2 aromatic rings. The van der Waals surface area contributed by atoms with E-state index >= 15 is 0 Å². The van der Waals surface area contributed by atoms with Crippen LogP contribution in [0, 0.1) is 18.3 Å². The molecular weight excluding hydrogens is 449 g/mol. The number of hydrogen-bond acceptors (Lipinski definition) is 4. The van der Waals surface area contributed by atoms with Crippen LogP contribution >= 0.6 is 46.6 Å². The predicted octanol–water partition coefficient (Wildman–Crippen LogP) is 6.17. The number of anilines is 1. The number of nitrogens with zero attached hydrogens (tertiary/aromatic N) is 3. The minimum atomic E-state index is -0.437. The van der Waals surface area contributed by atoms with Crippen molar-refractivity contribution in [1.82, 2.24) is 4.90 Å². The lowest BCUT2D eigenvalue weighted by molar-refractivity contribution is -0.129. The molecule has 148 valence electrons. The molecule has 4 nitrogen and oxygen atoms in total. The number of carbonyl (C=O) groups excluding carboxylic acids is 1. The first kappa shape index (κ1) is 20.4. The van der Waals surface area contributed by atoms with Gasteiger partial charge in [-0.1, -0.05) is 58.7 Å². The van der Waals surface area contributed by atoms with Crippen molar-refractivity contribution in [3.63, 3.8) is 0 Å². The molecule has 2 heterocycles. The Hall–Kier alpha value is -1.84. The Bertz CT molecular complexity index is 1060. The van der Waals surface area contributed by atoms with Crippen LogP contribution in [0.3, 0.4) is 0 Å². The van der Waals surface area contributed by atoms with E-state index in [4.69, 9.17) is 34.8 Å². The number of benzene rings is 2. The minimum Gasteiger partial charge on any atom is -0.344 e. The average Bonchev–Trinajstić information content (AvgIpc) is 2.70. The van der Waals surface area contributed by atoms with Crippen LogP contribution in [0.2, 0.25) is 15.1 Å². The molecule has 1 saturated heterocycles. The highest BCUT2D eigenvalue weighted by molar-refractivity contribution is 8.03. The van der Waals surface area contributed by atoms with Gasteiger partial charge in [-0.3, -0.25) is 9.69 Å². The smallest absolute Gasteiger partial charge is 0.229 e. The highest BCUT2D eigenvalue weighted by atomic mass is 35.5. The van der Waals surface area contributed by atoms with Gasteiger partial charge in [0.25, 0.3) is 0 Å². The fourth-order valence-electron chi connectivity index (χ4n) is 3.59. The van der Waals surface area contributed by atoms with E-state index in [1.165, 1.54) is 11.8 Å². The molecule has 8 heteroatoms. The van der Waals surface area contributed by atoms with Gasteiger partial charge in [-0.15, -0.1) is 0 Å². The van der Waals surface area contributed by atoms with Crippen LogP contribution in [0.15, 0.2) is 47.0 Å². The Morgan fingerprint density at radius 3 is 2.52 bits per heavy atom. The van der Waals surface area contributed by atoms with Crippen LogP contribution < -0.4 is 4.90 Å². The highest BCUT2D eigenvalue weighted by Gasteiger charge is 2.39.